The highest BCUT2D eigenvalue weighted by atomic mass is 79.9. The van der Waals surface area contributed by atoms with Crippen LogP contribution in [0.1, 0.15) is 49.7 Å². The van der Waals surface area contributed by atoms with Crippen LogP contribution in [0.3, 0.4) is 0 Å². The Kier molecular flexibility index (Phi) is 4.13. The van der Waals surface area contributed by atoms with Crippen molar-refractivity contribution in [3.8, 4) is 5.75 Å². The largest absolute Gasteiger partial charge is 0.496 e. The first-order valence-electron chi connectivity index (χ1n) is 6.41. The summed E-state index contributed by atoms with van der Waals surface area (Å²) in [6.07, 6.45) is 2.73. The summed E-state index contributed by atoms with van der Waals surface area (Å²) in [6.45, 7) is 4.48. The lowest BCUT2D eigenvalue weighted by Gasteiger charge is -2.19. The molecule has 1 saturated carbocycles. The molecule has 1 unspecified atom stereocenters. The Morgan fingerprint density at radius 1 is 1.35 bits per heavy atom. The molecule has 0 radical (unpaired) electrons. The van der Waals surface area contributed by atoms with Gasteiger partial charge >= 0.3 is 0 Å². The highest BCUT2D eigenvalue weighted by Gasteiger charge is 2.33. The van der Waals surface area contributed by atoms with E-state index < -0.39 is 0 Å². The average Bonchev–Trinajstić information content (AvgIpc) is 3.14. The number of halogens is 1. The Morgan fingerprint density at radius 2 is 2.06 bits per heavy atom. The number of alkyl halides is 1. The molecule has 1 nitrogen and oxygen atoms in total. The SMILES string of the molecule is COc1ccc(C(C)C)cc1C(CBr)C1CC1. The van der Waals surface area contributed by atoms with Crippen LogP contribution in [0, 0.1) is 5.92 Å². The molecule has 2 rings (SSSR count). The Hall–Kier alpha value is -0.500. The zero-order valence-electron chi connectivity index (χ0n) is 10.9. The van der Waals surface area contributed by atoms with E-state index in [9.17, 15) is 0 Å². The first-order chi connectivity index (χ1) is 8.17. The summed E-state index contributed by atoms with van der Waals surface area (Å²) < 4.78 is 5.52. The fourth-order valence-electron chi connectivity index (χ4n) is 2.36. The third kappa shape index (κ3) is 2.85. The molecule has 2 heteroatoms. The summed E-state index contributed by atoms with van der Waals surface area (Å²) in [5.74, 6) is 3.09. The van der Waals surface area contributed by atoms with E-state index in [4.69, 9.17) is 4.74 Å². The van der Waals surface area contributed by atoms with Crippen LogP contribution < -0.4 is 4.74 Å². The molecule has 0 N–H and O–H groups in total. The van der Waals surface area contributed by atoms with Crippen LogP contribution in [0.5, 0.6) is 5.75 Å². The summed E-state index contributed by atoms with van der Waals surface area (Å²) in [5.41, 5.74) is 2.80. The van der Waals surface area contributed by atoms with Crippen LogP contribution in [0.4, 0.5) is 0 Å². The van der Waals surface area contributed by atoms with E-state index >= 15 is 0 Å². The van der Waals surface area contributed by atoms with E-state index in [2.05, 4.69) is 48.0 Å². The van der Waals surface area contributed by atoms with E-state index in [1.165, 1.54) is 24.0 Å². The highest BCUT2D eigenvalue weighted by molar-refractivity contribution is 9.09. The molecular weight excluding hydrogens is 276 g/mol. The number of hydrogen-bond acceptors (Lipinski definition) is 1. The average molecular weight is 297 g/mol. The van der Waals surface area contributed by atoms with Gasteiger partial charge in [0, 0.05) is 11.2 Å². The third-order valence-corrected chi connectivity index (χ3v) is 4.37. The monoisotopic (exact) mass is 296 g/mol. The maximum absolute atomic E-state index is 5.52. The summed E-state index contributed by atoms with van der Waals surface area (Å²) in [6, 6.07) is 6.65. The molecule has 1 aromatic carbocycles. The summed E-state index contributed by atoms with van der Waals surface area (Å²) in [7, 11) is 1.77. The molecule has 0 saturated heterocycles. The molecule has 1 fully saturated rings. The lowest BCUT2D eigenvalue weighted by atomic mass is 9.91. The van der Waals surface area contributed by atoms with Crippen LogP contribution in [0.15, 0.2) is 18.2 Å². The number of methoxy groups -OCH3 is 1. The van der Waals surface area contributed by atoms with E-state index in [-0.39, 0.29) is 0 Å². The number of ether oxygens (including phenoxy) is 1. The topological polar surface area (TPSA) is 9.23 Å². The first kappa shape index (κ1) is 12.9. The Balaban J connectivity index is 2.36. The second-order valence-electron chi connectivity index (χ2n) is 5.25. The van der Waals surface area contributed by atoms with Gasteiger partial charge in [0.05, 0.1) is 7.11 Å². The third-order valence-electron chi connectivity index (χ3n) is 3.68. The van der Waals surface area contributed by atoms with Crippen molar-refractivity contribution >= 4 is 15.9 Å². The minimum Gasteiger partial charge on any atom is -0.496 e. The normalized spacial score (nSPS) is 17.2. The Labute approximate surface area is 113 Å². The van der Waals surface area contributed by atoms with Crippen molar-refractivity contribution in [2.24, 2.45) is 5.92 Å². The zero-order valence-corrected chi connectivity index (χ0v) is 12.5. The van der Waals surface area contributed by atoms with Gasteiger partial charge in [-0.15, -0.1) is 0 Å². The maximum Gasteiger partial charge on any atom is 0.122 e. The fourth-order valence-corrected chi connectivity index (χ4v) is 3.24. The maximum atomic E-state index is 5.52. The first-order valence-corrected chi connectivity index (χ1v) is 7.53. The van der Waals surface area contributed by atoms with Crippen molar-refractivity contribution < 1.29 is 4.74 Å². The van der Waals surface area contributed by atoms with Gasteiger partial charge in [0.2, 0.25) is 0 Å². The van der Waals surface area contributed by atoms with Crippen molar-refractivity contribution in [2.45, 2.75) is 38.5 Å². The van der Waals surface area contributed by atoms with Crippen molar-refractivity contribution in [1.29, 1.82) is 0 Å². The zero-order chi connectivity index (χ0) is 12.4. The van der Waals surface area contributed by atoms with E-state index in [0.717, 1.165) is 17.0 Å². The smallest absolute Gasteiger partial charge is 0.122 e. The molecule has 0 aliphatic heterocycles. The molecule has 1 aliphatic rings. The Bertz CT molecular complexity index is 383. The van der Waals surface area contributed by atoms with Gasteiger partial charge < -0.3 is 4.74 Å². The minimum absolute atomic E-state index is 0.579. The molecule has 1 aliphatic carbocycles. The quantitative estimate of drug-likeness (QED) is 0.715. The molecule has 0 aromatic heterocycles. The molecule has 0 bridgehead atoms. The van der Waals surface area contributed by atoms with Crippen LogP contribution in [0.2, 0.25) is 0 Å². The second-order valence-corrected chi connectivity index (χ2v) is 5.90. The van der Waals surface area contributed by atoms with Crippen LogP contribution >= 0.6 is 15.9 Å². The van der Waals surface area contributed by atoms with Crippen molar-refractivity contribution in [1.82, 2.24) is 0 Å². The molecule has 0 heterocycles. The predicted octanol–water partition coefficient (Wildman–Crippen LogP) is 4.71. The molecule has 1 atom stereocenters. The van der Waals surface area contributed by atoms with Crippen molar-refractivity contribution in [2.75, 3.05) is 12.4 Å². The standard InChI is InChI=1S/C15H21BrO/c1-10(2)12-6-7-15(17-3)13(8-12)14(9-16)11-4-5-11/h6-8,10-11,14H,4-5,9H2,1-3H3. The summed E-state index contributed by atoms with van der Waals surface area (Å²) in [5, 5.41) is 1.04. The van der Waals surface area contributed by atoms with Gasteiger partial charge in [-0.3, -0.25) is 0 Å². The Morgan fingerprint density at radius 3 is 2.53 bits per heavy atom. The lowest BCUT2D eigenvalue weighted by molar-refractivity contribution is 0.404. The van der Waals surface area contributed by atoms with Crippen LogP contribution in [-0.2, 0) is 0 Å². The highest BCUT2D eigenvalue weighted by Crippen LogP contribution is 2.46. The molecule has 1 aromatic rings. The summed E-state index contributed by atoms with van der Waals surface area (Å²) >= 11 is 3.66. The molecule has 17 heavy (non-hydrogen) atoms. The van der Waals surface area contributed by atoms with Gasteiger partial charge in [-0.25, -0.2) is 0 Å². The van der Waals surface area contributed by atoms with E-state index in [0.29, 0.717) is 11.8 Å². The van der Waals surface area contributed by atoms with Crippen molar-refractivity contribution in [3.63, 3.8) is 0 Å². The molecular formula is C15H21BrO. The van der Waals surface area contributed by atoms with Gasteiger partial charge in [0.25, 0.3) is 0 Å². The molecule has 0 spiro atoms. The molecule has 0 amide bonds. The number of rotatable bonds is 5. The van der Waals surface area contributed by atoms with Gasteiger partial charge in [0.15, 0.2) is 0 Å². The van der Waals surface area contributed by atoms with Gasteiger partial charge in [-0.05, 0) is 41.9 Å². The predicted molar refractivity (Wildman–Crippen MR) is 76.3 cm³/mol. The molecule has 94 valence electrons. The van der Waals surface area contributed by atoms with Gasteiger partial charge in [0.1, 0.15) is 5.75 Å². The summed E-state index contributed by atoms with van der Waals surface area (Å²) in [4.78, 5) is 0. The lowest BCUT2D eigenvalue weighted by Crippen LogP contribution is -2.06. The van der Waals surface area contributed by atoms with Gasteiger partial charge in [-0.1, -0.05) is 41.9 Å². The van der Waals surface area contributed by atoms with E-state index in [1.807, 2.05) is 0 Å². The van der Waals surface area contributed by atoms with Crippen LogP contribution in [-0.4, -0.2) is 12.4 Å². The minimum atomic E-state index is 0.579. The fraction of sp³-hybridized carbons (Fsp3) is 0.600. The van der Waals surface area contributed by atoms with Crippen molar-refractivity contribution in [3.05, 3.63) is 29.3 Å². The number of hydrogen-bond donors (Lipinski definition) is 0. The van der Waals surface area contributed by atoms with Crippen LogP contribution in [0.25, 0.3) is 0 Å². The van der Waals surface area contributed by atoms with Gasteiger partial charge in [-0.2, -0.15) is 0 Å². The van der Waals surface area contributed by atoms with E-state index in [1.54, 1.807) is 7.11 Å². The number of benzene rings is 1. The second kappa shape index (κ2) is 5.43.